The summed E-state index contributed by atoms with van der Waals surface area (Å²) in [6, 6.07) is 8.04. The van der Waals surface area contributed by atoms with Gasteiger partial charge < -0.3 is 19.8 Å². The van der Waals surface area contributed by atoms with Crippen molar-refractivity contribution in [3.8, 4) is 0 Å². The Morgan fingerprint density at radius 3 is 2.21 bits per heavy atom. The Morgan fingerprint density at radius 1 is 0.914 bits per heavy atom. The number of Topliss-reactive ketones (excluding diaryl/α,β-unsaturated/α-hetero) is 1. The van der Waals surface area contributed by atoms with Gasteiger partial charge in [-0.3, -0.25) is 19.3 Å². The van der Waals surface area contributed by atoms with Crippen LogP contribution in [0.5, 0.6) is 0 Å². The van der Waals surface area contributed by atoms with Crippen molar-refractivity contribution in [2.45, 2.75) is 152 Å². The lowest BCUT2D eigenvalue weighted by atomic mass is 9.33. The number of carboxylic acids is 1. The normalized spacial score (nSPS) is 35.1. The zero-order valence-electron chi connectivity index (χ0n) is 37.7. The average Bonchev–Trinajstić information content (AvgIpc) is 3.43. The van der Waals surface area contributed by atoms with E-state index < -0.39 is 28.9 Å². The number of nitrogens with zero attached hydrogens (tertiary/aromatic N) is 2. The van der Waals surface area contributed by atoms with Crippen LogP contribution in [0.2, 0.25) is 5.02 Å². The van der Waals surface area contributed by atoms with Crippen LogP contribution < -0.4 is 0 Å². The molecule has 9 heteroatoms. The summed E-state index contributed by atoms with van der Waals surface area (Å²) >= 11 is 6.26. The topological polar surface area (TPSA) is 107 Å². The maximum atomic E-state index is 14.4. The van der Waals surface area contributed by atoms with Crippen molar-refractivity contribution in [3.63, 3.8) is 0 Å². The number of hydrogen-bond acceptors (Lipinski definition) is 7. The molecule has 0 aromatic heterocycles. The summed E-state index contributed by atoms with van der Waals surface area (Å²) in [5.74, 6) is 0.0120. The van der Waals surface area contributed by atoms with Crippen molar-refractivity contribution in [1.29, 1.82) is 0 Å². The van der Waals surface area contributed by atoms with Crippen LogP contribution in [0.4, 0.5) is 0 Å². The van der Waals surface area contributed by atoms with E-state index in [-0.39, 0.29) is 51.8 Å². The van der Waals surface area contributed by atoms with Crippen LogP contribution in [0.1, 0.15) is 139 Å². The highest BCUT2D eigenvalue weighted by atomic mass is 35.5. The van der Waals surface area contributed by atoms with Crippen molar-refractivity contribution in [2.24, 2.45) is 56.2 Å². The van der Waals surface area contributed by atoms with Gasteiger partial charge >= 0.3 is 11.9 Å². The summed E-state index contributed by atoms with van der Waals surface area (Å²) in [5, 5.41) is 23.1. The van der Waals surface area contributed by atoms with Gasteiger partial charge in [-0.15, -0.1) is 0 Å². The minimum absolute atomic E-state index is 0.0300. The molecule has 324 valence electrons. The highest BCUT2D eigenvalue weighted by Gasteiger charge is 2.71. The summed E-state index contributed by atoms with van der Waals surface area (Å²) in [6.45, 7) is 22.8. The number of rotatable bonds is 14. The Hall–Kier alpha value is -2.26. The highest BCUT2D eigenvalue weighted by Crippen LogP contribution is 2.77. The third kappa shape index (κ3) is 7.77. The number of hydrogen-bond donors (Lipinski definition) is 2. The number of ketones is 1. The number of carboxylic acid groups (broad SMARTS) is 1. The summed E-state index contributed by atoms with van der Waals surface area (Å²) in [4.78, 5) is 43.9. The van der Waals surface area contributed by atoms with E-state index in [2.05, 4.69) is 84.5 Å². The van der Waals surface area contributed by atoms with Crippen LogP contribution >= 0.6 is 11.6 Å². The lowest BCUT2D eigenvalue weighted by molar-refractivity contribution is -0.235. The van der Waals surface area contributed by atoms with E-state index in [9.17, 15) is 24.6 Å². The fourth-order valence-electron chi connectivity index (χ4n) is 14.0. The largest absolute Gasteiger partial charge is 0.481 e. The molecule has 0 saturated heterocycles. The Morgan fingerprint density at radius 2 is 1.59 bits per heavy atom. The Bertz CT molecular complexity index is 1750. The van der Waals surface area contributed by atoms with Gasteiger partial charge in [-0.2, -0.15) is 0 Å². The molecule has 4 saturated carbocycles. The van der Waals surface area contributed by atoms with Gasteiger partial charge in [-0.05, 0) is 162 Å². The number of allylic oxidation sites excluding steroid dienone is 1. The van der Waals surface area contributed by atoms with Gasteiger partial charge in [0.15, 0.2) is 5.78 Å². The van der Waals surface area contributed by atoms with Gasteiger partial charge in [0, 0.05) is 35.4 Å². The minimum Gasteiger partial charge on any atom is -0.481 e. The first-order valence-electron chi connectivity index (χ1n) is 22.4. The van der Waals surface area contributed by atoms with Crippen LogP contribution in [0, 0.1) is 56.2 Å². The summed E-state index contributed by atoms with van der Waals surface area (Å²) in [5.41, 5.74) is 1.57. The fraction of sp³-hybridized carbons (Fsp3) is 0.776. The molecule has 5 aliphatic rings. The van der Waals surface area contributed by atoms with E-state index in [0.717, 1.165) is 88.0 Å². The molecule has 6 rings (SSSR count). The van der Waals surface area contributed by atoms with E-state index >= 15 is 0 Å². The number of ether oxygens (including phenoxy) is 1. The molecule has 0 bridgehead atoms. The number of halogens is 1. The van der Waals surface area contributed by atoms with Crippen LogP contribution in [0.3, 0.4) is 0 Å². The summed E-state index contributed by atoms with van der Waals surface area (Å²) in [6.07, 6.45) is 8.15. The number of esters is 1. The molecule has 0 spiro atoms. The van der Waals surface area contributed by atoms with Gasteiger partial charge in [-0.1, -0.05) is 77.8 Å². The van der Waals surface area contributed by atoms with Gasteiger partial charge in [0.05, 0.1) is 17.9 Å². The monoisotopic (exact) mass is 823 g/mol. The second kappa shape index (κ2) is 16.2. The van der Waals surface area contributed by atoms with E-state index in [0.29, 0.717) is 24.8 Å². The van der Waals surface area contributed by atoms with Crippen molar-refractivity contribution in [2.75, 3.05) is 33.7 Å². The third-order valence-electron chi connectivity index (χ3n) is 17.3. The Kier molecular flexibility index (Phi) is 12.7. The van der Waals surface area contributed by atoms with Crippen molar-refractivity contribution in [3.05, 3.63) is 46.0 Å². The lowest BCUT2D eigenvalue weighted by Gasteiger charge is -2.72. The number of benzene rings is 1. The molecule has 4 fully saturated rings. The summed E-state index contributed by atoms with van der Waals surface area (Å²) in [7, 11) is 4.20. The second-order valence-electron chi connectivity index (χ2n) is 22.1. The zero-order valence-corrected chi connectivity index (χ0v) is 38.4. The van der Waals surface area contributed by atoms with Crippen LogP contribution in [0.25, 0.3) is 0 Å². The van der Waals surface area contributed by atoms with E-state index in [1.165, 1.54) is 11.1 Å². The van der Waals surface area contributed by atoms with Crippen molar-refractivity contribution < 1.29 is 29.3 Å². The van der Waals surface area contributed by atoms with E-state index in [1.807, 2.05) is 12.1 Å². The molecule has 1 aromatic rings. The van der Waals surface area contributed by atoms with E-state index in [1.54, 1.807) is 13.8 Å². The molecule has 0 aliphatic heterocycles. The Labute approximate surface area is 354 Å². The molecular formula is C49H75ClN2O6. The maximum absolute atomic E-state index is 14.4. The molecule has 0 heterocycles. The molecule has 0 radical (unpaired) electrons. The third-order valence-corrected chi connectivity index (χ3v) is 17.6. The zero-order chi connectivity index (χ0) is 42.8. The number of carbonyl (C=O) groups is 3. The molecule has 9 atom stereocenters. The molecule has 5 aliphatic carbocycles. The Balaban J connectivity index is 1.28. The van der Waals surface area contributed by atoms with E-state index in [4.69, 9.17) is 16.3 Å². The lowest BCUT2D eigenvalue weighted by Crippen LogP contribution is -2.66. The molecule has 2 N–H and O–H groups in total. The first-order chi connectivity index (χ1) is 26.9. The standard InChI is InChI=1S/C49H75ClN2O6/c1-31(2)41-35(53)27-49(38(54)30-52(26-12-25-51(10)11)29-32-13-15-33(50)16-14-32)24-23-47(8)34(42(41)49)17-18-37-46(7)21-20-39(58-40(55)28-44(3,4)43(56)57)45(5,6)36(46)19-22-48(37,47)9/h13-16,31,34,36-39,54H,12,17-30H2,1-11H3,(H,56,57)/t34-,36+,37-,38+,39+,46+,47-,48-,49+/m1/s1. The minimum atomic E-state index is -1.17. The van der Waals surface area contributed by atoms with Gasteiger partial charge in [0.1, 0.15) is 6.10 Å². The predicted octanol–water partition coefficient (Wildman–Crippen LogP) is 9.85. The van der Waals surface area contributed by atoms with Crippen molar-refractivity contribution in [1.82, 2.24) is 9.80 Å². The van der Waals surface area contributed by atoms with Gasteiger partial charge in [0.2, 0.25) is 0 Å². The average molecular weight is 824 g/mol. The summed E-state index contributed by atoms with van der Waals surface area (Å²) < 4.78 is 6.20. The maximum Gasteiger partial charge on any atom is 0.309 e. The molecule has 58 heavy (non-hydrogen) atoms. The first kappa shape index (κ1) is 45.3. The molecule has 0 amide bonds. The molecular weight excluding hydrogens is 748 g/mol. The van der Waals surface area contributed by atoms with Crippen molar-refractivity contribution >= 4 is 29.3 Å². The number of aliphatic carboxylic acids is 1. The SMILES string of the molecule is CC(C)C1=C2[C@H]3CC[C@@H]4[C@@]5(C)CC[C@H](OC(=O)CC(C)(C)C(=O)O)C(C)(C)[C@@H]5CC[C@@]4(C)[C@]3(C)CC[C@@]2([C@@H](O)CN(CCCN(C)C)Cc2ccc(Cl)cc2)CC1=O. The smallest absolute Gasteiger partial charge is 0.309 e. The van der Waals surface area contributed by atoms with Crippen LogP contribution in [-0.2, 0) is 25.7 Å². The first-order valence-corrected chi connectivity index (χ1v) is 22.8. The highest BCUT2D eigenvalue weighted by molar-refractivity contribution is 6.30. The molecule has 8 nitrogen and oxygen atoms in total. The molecule has 1 aromatic carbocycles. The van der Waals surface area contributed by atoms with Gasteiger partial charge in [0.25, 0.3) is 0 Å². The number of aliphatic hydroxyl groups excluding tert-OH is 1. The number of aliphatic hydroxyl groups is 1. The van der Waals surface area contributed by atoms with Crippen LogP contribution in [0.15, 0.2) is 35.4 Å². The predicted molar refractivity (Wildman–Crippen MR) is 231 cm³/mol. The fourth-order valence-corrected chi connectivity index (χ4v) is 14.2. The number of carbonyl (C=O) groups excluding carboxylic acids is 2. The molecule has 0 unspecified atom stereocenters. The van der Waals surface area contributed by atoms with Crippen LogP contribution in [-0.4, -0.2) is 83.7 Å². The number of fused-ring (bicyclic) bond motifs is 7. The quantitative estimate of drug-likeness (QED) is 0.179. The van der Waals surface area contributed by atoms with Gasteiger partial charge in [-0.25, -0.2) is 0 Å². The second-order valence-corrected chi connectivity index (χ2v) is 22.5.